The van der Waals surface area contributed by atoms with Gasteiger partial charge < -0.3 is 23.8 Å². The highest BCUT2D eigenvalue weighted by atomic mass is 16.5. The molecular formula is C30H31N5O3. The van der Waals surface area contributed by atoms with Gasteiger partial charge in [0.2, 0.25) is 0 Å². The molecule has 1 fully saturated rings. The number of ether oxygens (including phenoxy) is 2. The monoisotopic (exact) mass is 509 g/mol. The van der Waals surface area contributed by atoms with E-state index in [9.17, 15) is 0 Å². The average molecular weight is 510 g/mol. The fourth-order valence-corrected chi connectivity index (χ4v) is 5.07. The molecule has 0 saturated carbocycles. The lowest BCUT2D eigenvalue weighted by molar-refractivity contribution is 0.0144. The molecule has 1 saturated heterocycles. The predicted molar refractivity (Wildman–Crippen MR) is 148 cm³/mol. The van der Waals surface area contributed by atoms with Crippen LogP contribution in [0.25, 0.3) is 27.8 Å². The van der Waals surface area contributed by atoms with Gasteiger partial charge in [0.15, 0.2) is 5.65 Å². The van der Waals surface area contributed by atoms with E-state index in [-0.39, 0.29) is 6.04 Å². The summed E-state index contributed by atoms with van der Waals surface area (Å²) in [6.07, 6.45) is 5.50. The van der Waals surface area contributed by atoms with E-state index in [2.05, 4.69) is 57.4 Å². The van der Waals surface area contributed by atoms with Crippen molar-refractivity contribution in [1.82, 2.24) is 19.4 Å². The summed E-state index contributed by atoms with van der Waals surface area (Å²) in [5.41, 5.74) is 4.02. The van der Waals surface area contributed by atoms with Gasteiger partial charge in [-0.1, -0.05) is 30.3 Å². The normalized spacial score (nSPS) is 15.0. The summed E-state index contributed by atoms with van der Waals surface area (Å²) < 4.78 is 19.2. The van der Waals surface area contributed by atoms with Crippen molar-refractivity contribution in [2.24, 2.45) is 0 Å². The van der Waals surface area contributed by atoms with Gasteiger partial charge in [-0.2, -0.15) is 0 Å². The fourth-order valence-electron chi connectivity index (χ4n) is 5.07. The van der Waals surface area contributed by atoms with Crippen LogP contribution in [-0.2, 0) is 4.74 Å². The summed E-state index contributed by atoms with van der Waals surface area (Å²) in [4.78, 5) is 11.8. The van der Waals surface area contributed by atoms with Crippen molar-refractivity contribution in [2.45, 2.75) is 13.0 Å². The second kappa shape index (κ2) is 11.1. The summed E-state index contributed by atoms with van der Waals surface area (Å²) >= 11 is 0. The average Bonchev–Trinajstić information content (AvgIpc) is 3.64. The van der Waals surface area contributed by atoms with E-state index in [1.807, 2.05) is 37.3 Å². The molecule has 0 spiro atoms. The third-order valence-electron chi connectivity index (χ3n) is 6.91. The van der Waals surface area contributed by atoms with E-state index in [0.717, 1.165) is 71.5 Å². The van der Waals surface area contributed by atoms with Gasteiger partial charge in [0.1, 0.15) is 23.7 Å². The molecule has 0 amide bonds. The van der Waals surface area contributed by atoms with E-state index in [1.54, 1.807) is 12.6 Å². The van der Waals surface area contributed by atoms with Gasteiger partial charge in [-0.25, -0.2) is 9.97 Å². The molecule has 6 rings (SSSR count). The largest absolute Gasteiger partial charge is 0.494 e. The number of hydrogen-bond donors (Lipinski definition) is 1. The Bertz CT molecular complexity index is 1460. The van der Waals surface area contributed by atoms with Crippen molar-refractivity contribution in [3.05, 3.63) is 91.3 Å². The molecule has 2 aromatic carbocycles. The quantitative estimate of drug-likeness (QED) is 0.279. The number of anilines is 1. The summed E-state index contributed by atoms with van der Waals surface area (Å²) in [7, 11) is 0. The lowest BCUT2D eigenvalue weighted by Crippen LogP contribution is -2.41. The van der Waals surface area contributed by atoms with Crippen LogP contribution in [0, 0.1) is 0 Å². The molecule has 4 heterocycles. The number of aromatic nitrogens is 3. The maximum absolute atomic E-state index is 5.84. The maximum Gasteiger partial charge on any atom is 0.150 e. The zero-order chi connectivity index (χ0) is 25.7. The number of fused-ring (bicyclic) bond motifs is 1. The molecule has 8 heteroatoms. The van der Waals surface area contributed by atoms with Crippen LogP contribution in [0.2, 0.25) is 0 Å². The van der Waals surface area contributed by atoms with Gasteiger partial charge >= 0.3 is 0 Å². The smallest absolute Gasteiger partial charge is 0.150 e. The molecule has 0 aliphatic carbocycles. The molecule has 1 atom stereocenters. The van der Waals surface area contributed by atoms with Crippen molar-refractivity contribution < 1.29 is 13.9 Å². The first kappa shape index (κ1) is 24.2. The van der Waals surface area contributed by atoms with Crippen molar-refractivity contribution >= 4 is 16.9 Å². The predicted octanol–water partition coefficient (Wildman–Crippen LogP) is 5.56. The number of rotatable bonds is 9. The van der Waals surface area contributed by atoms with Crippen molar-refractivity contribution in [2.75, 3.05) is 44.8 Å². The SMILES string of the molecule is CCOc1ccc(-n2cc(-c3ccccc3)c3c(NC[C@@H](c4ccco4)N4CCOCC4)ncnc32)cc1. The molecule has 5 aromatic rings. The molecule has 38 heavy (non-hydrogen) atoms. The number of furan rings is 1. The maximum atomic E-state index is 5.84. The zero-order valence-electron chi connectivity index (χ0n) is 21.4. The van der Waals surface area contributed by atoms with Gasteiger partial charge in [-0.15, -0.1) is 0 Å². The minimum atomic E-state index is 0.0623. The van der Waals surface area contributed by atoms with Crippen molar-refractivity contribution in [1.29, 1.82) is 0 Å². The first-order valence-corrected chi connectivity index (χ1v) is 13.1. The third kappa shape index (κ3) is 4.88. The Balaban J connectivity index is 1.40. The standard InChI is InChI=1S/C30H31N5O3/c1-2-37-24-12-10-23(11-13-24)35-20-25(22-7-4-3-5-8-22)28-29(32-21-33-30(28)35)31-19-26(27-9-6-16-38-27)34-14-17-36-18-15-34/h3-13,16,20-21,26H,2,14-15,17-19H2,1H3,(H,31,32,33)/t26-/m0/s1. The fraction of sp³-hybridized carbons (Fsp3) is 0.267. The minimum Gasteiger partial charge on any atom is -0.494 e. The Kier molecular flexibility index (Phi) is 7.06. The zero-order valence-corrected chi connectivity index (χ0v) is 21.4. The topological polar surface area (TPSA) is 77.6 Å². The number of nitrogens with one attached hydrogen (secondary N) is 1. The molecule has 3 aromatic heterocycles. The van der Waals surface area contributed by atoms with Crippen LogP contribution in [-0.4, -0.2) is 58.9 Å². The van der Waals surface area contributed by atoms with Crippen LogP contribution in [0.1, 0.15) is 18.7 Å². The number of nitrogens with zero attached hydrogens (tertiary/aromatic N) is 4. The van der Waals surface area contributed by atoms with Crippen molar-refractivity contribution in [3.63, 3.8) is 0 Å². The molecule has 8 nitrogen and oxygen atoms in total. The van der Waals surface area contributed by atoms with Gasteiger partial charge in [-0.3, -0.25) is 4.90 Å². The number of morpholine rings is 1. The van der Waals surface area contributed by atoms with E-state index in [4.69, 9.17) is 23.9 Å². The number of hydrogen-bond acceptors (Lipinski definition) is 7. The lowest BCUT2D eigenvalue weighted by Gasteiger charge is -2.33. The van der Waals surface area contributed by atoms with Crippen LogP contribution in [0.15, 0.2) is 89.9 Å². The highest BCUT2D eigenvalue weighted by Gasteiger charge is 2.26. The summed E-state index contributed by atoms with van der Waals surface area (Å²) in [5.74, 6) is 2.57. The van der Waals surface area contributed by atoms with Crippen LogP contribution in [0.3, 0.4) is 0 Å². The van der Waals surface area contributed by atoms with Crippen LogP contribution in [0.5, 0.6) is 5.75 Å². The van der Waals surface area contributed by atoms with Gasteiger partial charge in [-0.05, 0) is 48.9 Å². The lowest BCUT2D eigenvalue weighted by atomic mass is 10.1. The van der Waals surface area contributed by atoms with Crippen LogP contribution >= 0.6 is 0 Å². The highest BCUT2D eigenvalue weighted by Crippen LogP contribution is 2.36. The molecule has 194 valence electrons. The van der Waals surface area contributed by atoms with E-state index < -0.39 is 0 Å². The Morgan fingerprint density at radius 1 is 0.974 bits per heavy atom. The van der Waals surface area contributed by atoms with Gasteiger partial charge in [0, 0.05) is 37.1 Å². The van der Waals surface area contributed by atoms with Gasteiger partial charge in [0.05, 0.1) is 37.5 Å². The molecule has 0 radical (unpaired) electrons. The molecule has 1 aliphatic rings. The Morgan fingerprint density at radius 3 is 2.53 bits per heavy atom. The molecular weight excluding hydrogens is 478 g/mol. The Labute approximate surface area is 221 Å². The van der Waals surface area contributed by atoms with E-state index in [0.29, 0.717) is 13.2 Å². The molecule has 1 aliphatic heterocycles. The Hall–Kier alpha value is -4.14. The van der Waals surface area contributed by atoms with E-state index in [1.165, 1.54) is 0 Å². The first-order valence-electron chi connectivity index (χ1n) is 13.1. The Morgan fingerprint density at radius 2 is 1.79 bits per heavy atom. The molecule has 0 unspecified atom stereocenters. The van der Waals surface area contributed by atoms with Crippen LogP contribution in [0.4, 0.5) is 5.82 Å². The summed E-state index contributed by atoms with van der Waals surface area (Å²) in [6.45, 7) is 6.42. The summed E-state index contributed by atoms with van der Waals surface area (Å²) in [5, 5.41) is 4.63. The first-order chi connectivity index (χ1) is 18.8. The second-order valence-electron chi connectivity index (χ2n) is 9.19. The molecule has 0 bridgehead atoms. The van der Waals surface area contributed by atoms with Crippen LogP contribution < -0.4 is 10.1 Å². The molecule has 1 N–H and O–H groups in total. The van der Waals surface area contributed by atoms with E-state index >= 15 is 0 Å². The third-order valence-corrected chi connectivity index (χ3v) is 6.91. The number of benzene rings is 2. The highest BCUT2D eigenvalue weighted by molar-refractivity contribution is 6.02. The van der Waals surface area contributed by atoms with Gasteiger partial charge in [0.25, 0.3) is 0 Å². The second-order valence-corrected chi connectivity index (χ2v) is 9.19. The van der Waals surface area contributed by atoms with Crippen molar-refractivity contribution in [3.8, 4) is 22.6 Å². The summed E-state index contributed by atoms with van der Waals surface area (Å²) in [6, 6.07) is 22.5. The minimum absolute atomic E-state index is 0.0623.